The molecule has 1 N–H and O–H groups in total. The lowest BCUT2D eigenvalue weighted by Gasteiger charge is -2.34. The van der Waals surface area contributed by atoms with Crippen molar-refractivity contribution in [1.29, 1.82) is 0 Å². The Bertz CT molecular complexity index is 2170. The quantitative estimate of drug-likeness (QED) is 0.128. The normalized spacial score (nSPS) is 14.0. The molecule has 1 aliphatic rings. The van der Waals surface area contributed by atoms with E-state index in [-0.39, 0.29) is 23.2 Å². The van der Waals surface area contributed by atoms with Crippen molar-refractivity contribution in [2.24, 2.45) is 7.05 Å². The first kappa shape index (κ1) is 35.2. The third-order valence-corrected chi connectivity index (χ3v) is 9.62. The maximum absolute atomic E-state index is 13.5. The first-order valence-corrected chi connectivity index (χ1v) is 17.0. The van der Waals surface area contributed by atoms with Crippen molar-refractivity contribution in [2.45, 2.75) is 17.6 Å². The number of pyridine rings is 1. The zero-order valence-corrected chi connectivity index (χ0v) is 27.9. The Kier molecular flexibility index (Phi) is 9.84. The third kappa shape index (κ3) is 8.38. The second-order valence-corrected chi connectivity index (χ2v) is 13.4. The van der Waals surface area contributed by atoms with E-state index in [0.29, 0.717) is 44.2 Å². The minimum absolute atomic E-state index is 0.0782. The number of piperazine rings is 1. The molecule has 13 nitrogen and oxygen atoms in total. The van der Waals surface area contributed by atoms with E-state index in [1.807, 2.05) is 12.1 Å². The molecule has 1 saturated heterocycles. The number of anilines is 1. The van der Waals surface area contributed by atoms with E-state index in [4.69, 9.17) is 9.47 Å². The number of amides is 1. The number of carbonyl (C=O) groups excluding carboxylic acids is 1. The van der Waals surface area contributed by atoms with E-state index in [1.54, 1.807) is 40.8 Å². The van der Waals surface area contributed by atoms with Crippen molar-refractivity contribution in [3.63, 3.8) is 0 Å². The summed E-state index contributed by atoms with van der Waals surface area (Å²) in [5.41, 5.74) is 1.69. The van der Waals surface area contributed by atoms with Crippen LogP contribution in [0.25, 0.3) is 10.9 Å². The van der Waals surface area contributed by atoms with E-state index in [2.05, 4.69) is 14.6 Å². The number of alkyl halides is 3. The van der Waals surface area contributed by atoms with Crippen LogP contribution in [0.2, 0.25) is 0 Å². The number of aryl methyl sites for hydroxylation is 1. The number of carbonyl (C=O) groups is 1. The molecule has 3 aromatic carbocycles. The molecule has 51 heavy (non-hydrogen) atoms. The highest BCUT2D eigenvalue weighted by molar-refractivity contribution is 7.92. The molecule has 2 aromatic heterocycles. The number of nitro benzene ring substituents is 1. The molecule has 266 valence electrons. The number of nitrogens with one attached hydrogen (secondary N) is 1. The molecule has 0 atom stereocenters. The Morgan fingerprint density at radius 3 is 2.33 bits per heavy atom. The Balaban J connectivity index is 1.05. The van der Waals surface area contributed by atoms with Crippen molar-refractivity contribution < 1.29 is 40.8 Å². The highest BCUT2D eigenvalue weighted by Gasteiger charge is 2.29. The molecule has 1 amide bonds. The van der Waals surface area contributed by atoms with Gasteiger partial charge in [0.1, 0.15) is 17.2 Å². The first-order chi connectivity index (χ1) is 24.3. The second-order valence-electron chi connectivity index (χ2n) is 11.7. The summed E-state index contributed by atoms with van der Waals surface area (Å²) in [6.07, 6.45) is -3.17. The van der Waals surface area contributed by atoms with Gasteiger partial charge in [0.25, 0.3) is 21.6 Å². The Labute approximate surface area is 290 Å². The number of nitro groups is 1. The van der Waals surface area contributed by atoms with E-state index >= 15 is 0 Å². The number of fused-ring (bicyclic) bond motifs is 1. The summed E-state index contributed by atoms with van der Waals surface area (Å²) in [6, 6.07) is 21.5. The van der Waals surface area contributed by atoms with Crippen LogP contribution < -0.4 is 14.2 Å². The number of para-hydroxylation sites is 1. The van der Waals surface area contributed by atoms with Crippen molar-refractivity contribution in [2.75, 3.05) is 37.5 Å². The Morgan fingerprint density at radius 1 is 0.961 bits per heavy atom. The fraction of sp³-hybridized carbons (Fsp3) is 0.235. The minimum atomic E-state index is -4.40. The van der Waals surface area contributed by atoms with Crippen LogP contribution in [0.15, 0.2) is 96.0 Å². The van der Waals surface area contributed by atoms with Crippen LogP contribution in [0, 0.1) is 10.1 Å². The smallest absolute Gasteiger partial charge is 0.422 e. The van der Waals surface area contributed by atoms with E-state index in [0.717, 1.165) is 28.6 Å². The summed E-state index contributed by atoms with van der Waals surface area (Å²) in [7, 11) is -2.48. The van der Waals surface area contributed by atoms with Gasteiger partial charge in [-0.15, -0.1) is 0 Å². The zero-order valence-electron chi connectivity index (χ0n) is 27.0. The molecule has 6 rings (SSSR count). The number of hydrogen-bond donors (Lipinski definition) is 1. The van der Waals surface area contributed by atoms with Crippen LogP contribution in [-0.2, 0) is 23.6 Å². The van der Waals surface area contributed by atoms with Gasteiger partial charge < -0.3 is 18.9 Å². The topological polar surface area (TPSA) is 149 Å². The molecule has 3 heterocycles. The Morgan fingerprint density at radius 2 is 1.67 bits per heavy atom. The molecule has 17 heteroatoms. The highest BCUT2D eigenvalue weighted by atomic mass is 32.2. The largest absolute Gasteiger partial charge is 0.484 e. The molecule has 1 fully saturated rings. The van der Waals surface area contributed by atoms with Crippen LogP contribution in [0.1, 0.15) is 16.1 Å². The van der Waals surface area contributed by atoms with Gasteiger partial charge in [-0.05, 0) is 48.0 Å². The molecule has 1 aliphatic heterocycles. The molecular weight excluding hydrogens is 693 g/mol. The summed E-state index contributed by atoms with van der Waals surface area (Å²) >= 11 is 0. The van der Waals surface area contributed by atoms with Crippen LogP contribution in [-0.4, -0.2) is 77.6 Å². The summed E-state index contributed by atoms with van der Waals surface area (Å²) in [5, 5.41) is 12.1. The molecule has 5 aromatic rings. The third-order valence-electron chi connectivity index (χ3n) is 8.19. The van der Waals surface area contributed by atoms with Gasteiger partial charge in [-0.25, -0.2) is 13.4 Å². The number of aromatic nitrogens is 2. The van der Waals surface area contributed by atoms with Crippen LogP contribution >= 0.6 is 0 Å². The SMILES string of the molecule is Cn1c(C(=O)N2CCN(Cc3ccc(OCC(F)(F)F)cc3)CC2)cc2ccc(Oc3ccc(NS(=O)(=O)c4ccccc4[N+](=O)[O-])cn3)cc21. The van der Waals surface area contributed by atoms with Gasteiger partial charge in [0.05, 0.1) is 22.3 Å². The van der Waals surface area contributed by atoms with E-state index in [1.165, 1.54) is 42.6 Å². The van der Waals surface area contributed by atoms with E-state index in [9.17, 15) is 36.5 Å². The monoisotopic (exact) mass is 724 g/mol. The second kappa shape index (κ2) is 14.3. The van der Waals surface area contributed by atoms with Crippen molar-refractivity contribution in [1.82, 2.24) is 19.4 Å². The number of sulfonamides is 1. The number of ether oxygens (including phenoxy) is 2. The summed E-state index contributed by atoms with van der Waals surface area (Å²) < 4.78 is 77.6. The van der Waals surface area contributed by atoms with Crippen LogP contribution in [0.3, 0.4) is 0 Å². The first-order valence-electron chi connectivity index (χ1n) is 15.6. The van der Waals surface area contributed by atoms with Gasteiger partial charge >= 0.3 is 6.18 Å². The number of rotatable bonds is 11. The molecule has 0 aliphatic carbocycles. The molecule has 0 unspecified atom stereocenters. The number of nitrogens with zero attached hydrogens (tertiary/aromatic N) is 5. The number of halogens is 3. The Hall–Kier alpha value is -5.68. The summed E-state index contributed by atoms with van der Waals surface area (Å²) in [6.45, 7) is 1.50. The van der Waals surface area contributed by atoms with Gasteiger partial charge in [0.2, 0.25) is 5.88 Å². The lowest BCUT2D eigenvalue weighted by molar-refractivity contribution is -0.387. The van der Waals surface area contributed by atoms with Crippen molar-refractivity contribution in [3.05, 3.63) is 112 Å². The lowest BCUT2D eigenvalue weighted by Crippen LogP contribution is -2.48. The van der Waals surface area contributed by atoms with Gasteiger partial charge in [-0.2, -0.15) is 13.2 Å². The predicted molar refractivity (Wildman–Crippen MR) is 180 cm³/mol. The van der Waals surface area contributed by atoms with E-state index < -0.39 is 38.3 Å². The average Bonchev–Trinajstić information content (AvgIpc) is 3.43. The molecule has 0 bridgehead atoms. The van der Waals surface area contributed by atoms with Crippen LogP contribution in [0.5, 0.6) is 17.4 Å². The maximum atomic E-state index is 13.5. The summed E-state index contributed by atoms with van der Waals surface area (Å²) in [4.78, 5) is 31.7. The maximum Gasteiger partial charge on any atom is 0.422 e. The average molecular weight is 725 g/mol. The lowest BCUT2D eigenvalue weighted by atomic mass is 10.2. The number of hydrogen-bond acceptors (Lipinski definition) is 9. The predicted octanol–water partition coefficient (Wildman–Crippen LogP) is 5.97. The number of benzene rings is 3. The molecular formula is C34H31F3N6O7S. The van der Waals surface area contributed by atoms with Crippen molar-refractivity contribution >= 4 is 38.2 Å². The standard InChI is InChI=1S/C34H31F3N6O7S/c1-40-29-19-27(50-32-13-9-25(20-38-32)39-51(47,48)31-5-3-2-4-28(31)43(45)46)12-8-24(29)18-30(40)33(44)42-16-14-41(15-17-42)21-23-6-10-26(11-7-23)49-22-34(35,36)37/h2-13,18-20,39H,14-17,21-22H2,1H3. The van der Waals surface area contributed by atoms with Gasteiger partial charge in [-0.3, -0.25) is 24.5 Å². The zero-order chi connectivity index (χ0) is 36.3. The van der Waals surface area contributed by atoms with Gasteiger partial charge in [0.15, 0.2) is 11.5 Å². The van der Waals surface area contributed by atoms with Gasteiger partial charge in [-0.1, -0.05) is 24.3 Å². The highest BCUT2D eigenvalue weighted by Crippen LogP contribution is 2.29. The summed E-state index contributed by atoms with van der Waals surface area (Å²) in [5.74, 6) is 0.618. The molecule has 0 saturated carbocycles. The molecule has 0 radical (unpaired) electrons. The fourth-order valence-corrected chi connectivity index (χ4v) is 6.85. The molecule has 0 spiro atoms. The van der Waals surface area contributed by atoms with Gasteiger partial charge in [0, 0.05) is 63.4 Å². The minimum Gasteiger partial charge on any atom is -0.484 e. The van der Waals surface area contributed by atoms with Crippen LogP contribution in [0.4, 0.5) is 24.5 Å². The fourth-order valence-electron chi connectivity index (χ4n) is 5.63. The van der Waals surface area contributed by atoms with Crippen molar-refractivity contribution in [3.8, 4) is 17.4 Å².